The number of hydrogen-bond acceptors (Lipinski definition) is 7. The Morgan fingerprint density at radius 2 is 1.93 bits per heavy atom. The Morgan fingerprint density at radius 1 is 1.11 bits per heavy atom. The summed E-state index contributed by atoms with van der Waals surface area (Å²) < 4.78 is 20.6. The normalized spacial score (nSPS) is 20.2. The SMILES string of the molecule is O=[N+]([O-])c1c(OCC2COC(Cn3ccnc3)(c3ccc(Cl)cc3Cl)O2)ccc2c1CCN(C/C=C\c1ccc(Cl)cc1)C2. The highest BCUT2D eigenvalue weighted by Crippen LogP contribution is 2.41. The van der Waals surface area contributed by atoms with Crippen LogP contribution in [0.15, 0.2) is 79.4 Å². The zero-order valence-electron chi connectivity index (χ0n) is 23.6. The standard InChI is InChI=1S/C32H29Cl3N4O5/c33-24-6-3-22(4-7-24)2-1-13-37-14-11-27-23(17-37)5-10-30(31(27)39(40)41)42-18-26-19-43-32(44-26,20-38-15-12-36-21-38)28-9-8-25(34)16-29(28)35/h1-10,12,15-16,21,26H,11,13-14,17-20H2/b2-1-. The lowest BCUT2D eigenvalue weighted by Crippen LogP contribution is -2.34. The van der Waals surface area contributed by atoms with E-state index in [0.29, 0.717) is 45.7 Å². The molecule has 4 aromatic rings. The summed E-state index contributed by atoms with van der Waals surface area (Å²) >= 11 is 18.7. The molecule has 3 heterocycles. The Labute approximate surface area is 269 Å². The van der Waals surface area contributed by atoms with E-state index in [0.717, 1.165) is 17.7 Å². The van der Waals surface area contributed by atoms with Gasteiger partial charge in [0.25, 0.3) is 0 Å². The van der Waals surface area contributed by atoms with Crippen LogP contribution in [0.5, 0.6) is 5.75 Å². The van der Waals surface area contributed by atoms with Gasteiger partial charge in [-0.1, -0.05) is 71.2 Å². The predicted molar refractivity (Wildman–Crippen MR) is 169 cm³/mol. The lowest BCUT2D eigenvalue weighted by atomic mass is 9.97. The minimum atomic E-state index is -1.22. The van der Waals surface area contributed by atoms with Crippen molar-refractivity contribution in [3.05, 3.63) is 127 Å². The largest absolute Gasteiger partial charge is 0.484 e. The number of rotatable bonds is 10. The average Bonchev–Trinajstić information content (AvgIpc) is 3.67. The van der Waals surface area contributed by atoms with Crippen LogP contribution < -0.4 is 4.74 Å². The van der Waals surface area contributed by atoms with E-state index < -0.39 is 11.9 Å². The van der Waals surface area contributed by atoms with Gasteiger partial charge in [-0.3, -0.25) is 15.0 Å². The third kappa shape index (κ3) is 6.78. The van der Waals surface area contributed by atoms with Crippen LogP contribution in [0.25, 0.3) is 6.08 Å². The second kappa shape index (κ2) is 13.3. The van der Waals surface area contributed by atoms with Crippen molar-refractivity contribution in [1.29, 1.82) is 0 Å². The van der Waals surface area contributed by atoms with Gasteiger partial charge in [0.2, 0.25) is 5.79 Å². The first kappa shape index (κ1) is 30.6. The molecule has 228 valence electrons. The summed E-state index contributed by atoms with van der Waals surface area (Å²) in [6.07, 6.45) is 9.30. The highest BCUT2D eigenvalue weighted by Gasteiger charge is 2.45. The van der Waals surface area contributed by atoms with Crippen molar-refractivity contribution in [3.63, 3.8) is 0 Å². The highest BCUT2D eigenvalue weighted by atomic mass is 35.5. The first-order chi connectivity index (χ1) is 21.3. The number of halogens is 3. The molecule has 9 nitrogen and oxygen atoms in total. The van der Waals surface area contributed by atoms with Gasteiger partial charge in [0.15, 0.2) is 5.75 Å². The van der Waals surface area contributed by atoms with Gasteiger partial charge in [0, 0.05) is 53.2 Å². The molecule has 12 heteroatoms. The van der Waals surface area contributed by atoms with E-state index >= 15 is 0 Å². The highest BCUT2D eigenvalue weighted by molar-refractivity contribution is 6.35. The van der Waals surface area contributed by atoms with Crippen LogP contribution in [0.1, 0.15) is 22.3 Å². The number of ether oxygens (including phenoxy) is 3. The number of nitro benzene ring substituents is 1. The summed E-state index contributed by atoms with van der Waals surface area (Å²) in [6.45, 7) is 2.57. The zero-order valence-corrected chi connectivity index (χ0v) is 25.8. The number of aromatic nitrogens is 2. The van der Waals surface area contributed by atoms with Crippen molar-refractivity contribution in [2.45, 2.75) is 31.4 Å². The molecule has 6 rings (SSSR count). The van der Waals surface area contributed by atoms with Crippen LogP contribution in [0, 0.1) is 10.1 Å². The van der Waals surface area contributed by atoms with Crippen molar-refractivity contribution in [2.75, 3.05) is 26.3 Å². The Balaban J connectivity index is 1.14. The fraction of sp³-hybridized carbons (Fsp3) is 0.281. The van der Waals surface area contributed by atoms with Gasteiger partial charge in [0.1, 0.15) is 12.7 Å². The molecule has 0 bridgehead atoms. The first-order valence-electron chi connectivity index (χ1n) is 14.1. The van der Waals surface area contributed by atoms with Crippen LogP contribution >= 0.6 is 34.8 Å². The van der Waals surface area contributed by atoms with E-state index in [1.165, 1.54) is 0 Å². The van der Waals surface area contributed by atoms with E-state index in [2.05, 4.69) is 16.0 Å². The molecule has 3 aromatic carbocycles. The van der Waals surface area contributed by atoms with Gasteiger partial charge in [-0.05, 0) is 47.9 Å². The minimum absolute atomic E-state index is 0.00296. The van der Waals surface area contributed by atoms with Gasteiger partial charge in [-0.15, -0.1) is 0 Å². The van der Waals surface area contributed by atoms with Crippen LogP contribution in [0.2, 0.25) is 15.1 Å². The average molecular weight is 656 g/mol. The third-order valence-corrected chi connectivity index (χ3v) is 8.52. The molecule has 1 aromatic heterocycles. The molecule has 0 spiro atoms. The zero-order chi connectivity index (χ0) is 30.7. The molecule has 44 heavy (non-hydrogen) atoms. The molecule has 0 radical (unpaired) electrons. The van der Waals surface area contributed by atoms with E-state index in [9.17, 15) is 10.1 Å². The van der Waals surface area contributed by atoms with Crippen molar-refractivity contribution in [1.82, 2.24) is 14.5 Å². The molecule has 0 N–H and O–H groups in total. The summed E-state index contributed by atoms with van der Waals surface area (Å²) in [5.41, 5.74) is 3.31. The molecule has 2 aliphatic rings. The number of fused-ring (bicyclic) bond motifs is 1. The maximum absolute atomic E-state index is 12.3. The monoisotopic (exact) mass is 654 g/mol. The fourth-order valence-electron chi connectivity index (χ4n) is 5.62. The number of nitro groups is 1. The fourth-order valence-corrected chi connectivity index (χ4v) is 6.29. The molecule has 0 saturated carbocycles. The minimum Gasteiger partial charge on any atom is -0.484 e. The van der Waals surface area contributed by atoms with Crippen LogP contribution in [0.3, 0.4) is 0 Å². The third-order valence-electron chi connectivity index (χ3n) is 7.72. The molecule has 1 saturated heterocycles. The Kier molecular flexibility index (Phi) is 9.23. The Bertz CT molecular complexity index is 1670. The maximum Gasteiger partial charge on any atom is 0.314 e. The van der Waals surface area contributed by atoms with Crippen LogP contribution in [0.4, 0.5) is 5.69 Å². The van der Waals surface area contributed by atoms with E-state index in [1.54, 1.807) is 43.0 Å². The Morgan fingerprint density at radius 3 is 2.68 bits per heavy atom. The van der Waals surface area contributed by atoms with E-state index in [4.69, 9.17) is 49.0 Å². The summed E-state index contributed by atoms with van der Waals surface area (Å²) in [5.74, 6) is -1.01. The van der Waals surface area contributed by atoms with Crippen LogP contribution in [-0.4, -0.2) is 51.8 Å². The summed E-state index contributed by atoms with van der Waals surface area (Å²) in [5, 5.41) is 13.8. The first-order valence-corrected chi connectivity index (χ1v) is 15.2. The predicted octanol–water partition coefficient (Wildman–Crippen LogP) is 7.17. The Hall–Kier alpha value is -3.44. The quantitative estimate of drug-likeness (QED) is 0.132. The number of nitrogens with zero attached hydrogens (tertiary/aromatic N) is 4. The molecular formula is C32H29Cl3N4O5. The molecule has 2 unspecified atom stereocenters. The van der Waals surface area contributed by atoms with Gasteiger partial charge < -0.3 is 18.8 Å². The molecular weight excluding hydrogens is 627 g/mol. The lowest BCUT2D eigenvalue weighted by Gasteiger charge is -2.30. The summed E-state index contributed by atoms with van der Waals surface area (Å²) in [6, 6.07) is 16.4. The topological polar surface area (TPSA) is 91.9 Å². The molecule has 2 atom stereocenters. The van der Waals surface area contributed by atoms with Crippen molar-refractivity contribution in [2.24, 2.45) is 0 Å². The van der Waals surface area contributed by atoms with Crippen molar-refractivity contribution < 1.29 is 19.1 Å². The summed E-state index contributed by atoms with van der Waals surface area (Å²) in [4.78, 5) is 18.3. The van der Waals surface area contributed by atoms with Gasteiger partial charge in [-0.2, -0.15) is 0 Å². The number of imidazole rings is 1. The number of benzene rings is 3. The van der Waals surface area contributed by atoms with Gasteiger partial charge >= 0.3 is 5.69 Å². The molecule has 1 fully saturated rings. The van der Waals surface area contributed by atoms with Crippen molar-refractivity contribution in [3.8, 4) is 5.75 Å². The maximum atomic E-state index is 12.3. The second-order valence-electron chi connectivity index (χ2n) is 10.7. The van der Waals surface area contributed by atoms with E-state index in [1.807, 2.05) is 41.0 Å². The molecule has 0 amide bonds. The van der Waals surface area contributed by atoms with Gasteiger partial charge in [-0.25, -0.2) is 4.98 Å². The van der Waals surface area contributed by atoms with E-state index in [-0.39, 0.29) is 36.1 Å². The summed E-state index contributed by atoms with van der Waals surface area (Å²) in [7, 11) is 0. The molecule has 0 aliphatic carbocycles. The second-order valence-corrected chi connectivity index (χ2v) is 12.0. The molecule has 2 aliphatic heterocycles. The van der Waals surface area contributed by atoms with Crippen molar-refractivity contribution >= 4 is 46.6 Å². The number of hydrogen-bond donors (Lipinski definition) is 0. The van der Waals surface area contributed by atoms with Crippen LogP contribution in [-0.2, 0) is 34.8 Å². The lowest BCUT2D eigenvalue weighted by molar-refractivity contribution is -0.386. The van der Waals surface area contributed by atoms with Gasteiger partial charge in [0.05, 0.1) is 29.4 Å². The smallest absolute Gasteiger partial charge is 0.314 e.